The molecular formula is C9H6N2O. The Bertz CT molecular complexity index is 465. The Morgan fingerprint density at radius 1 is 1.25 bits per heavy atom. The molecule has 2 rings (SSSR count). The Morgan fingerprint density at radius 3 is 2.58 bits per heavy atom. The van der Waals surface area contributed by atoms with Gasteiger partial charge in [0.25, 0.3) is 0 Å². The van der Waals surface area contributed by atoms with Crippen LogP contribution in [0.3, 0.4) is 0 Å². The largest absolute Gasteiger partial charge is 0.429 e. The molecule has 0 radical (unpaired) electrons. The number of nitrogens with zero attached hydrogens (tertiary/aromatic N) is 1. The van der Waals surface area contributed by atoms with E-state index >= 15 is 0 Å². The zero-order valence-corrected chi connectivity index (χ0v) is 6.24. The summed E-state index contributed by atoms with van der Waals surface area (Å²) in [6, 6.07) is 9.29. The van der Waals surface area contributed by atoms with E-state index in [4.69, 9.17) is 15.4 Å². The lowest BCUT2D eigenvalue weighted by molar-refractivity contribution is 0.577. The molecule has 0 saturated heterocycles. The predicted molar refractivity (Wildman–Crippen MR) is 45.3 cm³/mol. The van der Waals surface area contributed by atoms with Gasteiger partial charge in [-0.25, -0.2) is 0 Å². The first-order valence-electron chi connectivity index (χ1n) is 3.50. The van der Waals surface area contributed by atoms with Gasteiger partial charge < -0.3 is 10.2 Å². The summed E-state index contributed by atoms with van der Waals surface area (Å²) in [6.45, 7) is 0. The highest BCUT2D eigenvalue weighted by atomic mass is 16.4. The van der Waals surface area contributed by atoms with E-state index in [-0.39, 0.29) is 5.76 Å². The van der Waals surface area contributed by atoms with Gasteiger partial charge in [-0.15, -0.1) is 0 Å². The van der Waals surface area contributed by atoms with E-state index in [9.17, 15) is 0 Å². The van der Waals surface area contributed by atoms with Crippen LogP contribution in [-0.4, -0.2) is 0 Å². The highest BCUT2D eigenvalue weighted by Gasteiger charge is 2.08. The molecule has 0 aliphatic rings. The first-order chi connectivity index (χ1) is 5.83. The summed E-state index contributed by atoms with van der Waals surface area (Å²) in [5.74, 6) is 0.588. The normalized spacial score (nSPS) is 9.92. The van der Waals surface area contributed by atoms with Crippen molar-refractivity contribution >= 4 is 16.7 Å². The fraction of sp³-hybridized carbons (Fsp3) is 0. The number of nitrogens with two attached hydrogens (primary N) is 1. The number of furan rings is 1. The van der Waals surface area contributed by atoms with E-state index in [1.807, 2.05) is 30.3 Å². The third kappa shape index (κ3) is 0.753. The number of benzene rings is 1. The molecule has 1 aromatic heterocycles. The SMILES string of the molecule is N#Cc1oc(N)c2ccccc12. The third-order valence-corrected chi connectivity index (χ3v) is 1.75. The monoisotopic (exact) mass is 158 g/mol. The highest BCUT2D eigenvalue weighted by molar-refractivity contribution is 5.94. The topological polar surface area (TPSA) is 63.0 Å². The van der Waals surface area contributed by atoms with E-state index < -0.39 is 0 Å². The first kappa shape index (κ1) is 6.74. The molecule has 2 N–H and O–H groups in total. The van der Waals surface area contributed by atoms with E-state index in [1.165, 1.54) is 0 Å². The summed E-state index contributed by atoms with van der Waals surface area (Å²) < 4.78 is 5.03. The Balaban J connectivity index is 2.94. The number of anilines is 1. The summed E-state index contributed by atoms with van der Waals surface area (Å²) in [6.07, 6.45) is 0. The van der Waals surface area contributed by atoms with Gasteiger partial charge in [0, 0.05) is 10.8 Å². The van der Waals surface area contributed by atoms with E-state index in [2.05, 4.69) is 0 Å². The number of hydrogen-bond acceptors (Lipinski definition) is 3. The molecular weight excluding hydrogens is 152 g/mol. The highest BCUT2D eigenvalue weighted by Crippen LogP contribution is 2.26. The number of rotatable bonds is 0. The lowest BCUT2D eigenvalue weighted by Gasteiger charge is -1.84. The van der Waals surface area contributed by atoms with Crippen LogP contribution in [0.4, 0.5) is 5.88 Å². The van der Waals surface area contributed by atoms with Crippen molar-refractivity contribution in [3.05, 3.63) is 30.0 Å². The minimum absolute atomic E-state index is 0.281. The average Bonchev–Trinajstić information content (AvgIpc) is 2.44. The molecule has 2 aromatic rings. The van der Waals surface area contributed by atoms with Crippen LogP contribution in [0.2, 0.25) is 0 Å². The van der Waals surface area contributed by atoms with Crippen LogP contribution < -0.4 is 5.73 Å². The summed E-state index contributed by atoms with van der Waals surface area (Å²) in [4.78, 5) is 0. The molecule has 0 bridgehead atoms. The molecule has 0 spiro atoms. The molecule has 0 atom stereocenters. The molecule has 1 aromatic carbocycles. The summed E-state index contributed by atoms with van der Waals surface area (Å²) in [5.41, 5.74) is 5.53. The maximum atomic E-state index is 8.65. The quantitative estimate of drug-likeness (QED) is 0.636. The predicted octanol–water partition coefficient (Wildman–Crippen LogP) is 1.89. The molecule has 0 aliphatic heterocycles. The van der Waals surface area contributed by atoms with Crippen LogP contribution in [0.15, 0.2) is 28.7 Å². The van der Waals surface area contributed by atoms with Gasteiger partial charge >= 0.3 is 0 Å². The van der Waals surface area contributed by atoms with E-state index in [0.29, 0.717) is 5.88 Å². The van der Waals surface area contributed by atoms with Crippen molar-refractivity contribution in [3.63, 3.8) is 0 Å². The fourth-order valence-electron chi connectivity index (χ4n) is 1.20. The van der Waals surface area contributed by atoms with Gasteiger partial charge in [0.2, 0.25) is 5.76 Å². The number of nitriles is 1. The van der Waals surface area contributed by atoms with E-state index in [1.54, 1.807) is 0 Å². The summed E-state index contributed by atoms with van der Waals surface area (Å²) >= 11 is 0. The van der Waals surface area contributed by atoms with Crippen molar-refractivity contribution in [2.24, 2.45) is 0 Å². The van der Waals surface area contributed by atoms with Crippen molar-refractivity contribution in [1.29, 1.82) is 5.26 Å². The van der Waals surface area contributed by atoms with Gasteiger partial charge in [0.1, 0.15) is 6.07 Å². The zero-order chi connectivity index (χ0) is 8.55. The van der Waals surface area contributed by atoms with E-state index in [0.717, 1.165) is 10.8 Å². The lowest BCUT2D eigenvalue weighted by Crippen LogP contribution is -1.78. The van der Waals surface area contributed by atoms with Crippen LogP contribution in [0.5, 0.6) is 0 Å². The maximum absolute atomic E-state index is 8.65. The second-order valence-corrected chi connectivity index (χ2v) is 2.45. The molecule has 1 heterocycles. The molecule has 58 valence electrons. The number of hydrogen-bond donors (Lipinski definition) is 1. The smallest absolute Gasteiger partial charge is 0.213 e. The Labute approximate surface area is 69.0 Å². The third-order valence-electron chi connectivity index (χ3n) is 1.75. The maximum Gasteiger partial charge on any atom is 0.213 e. The lowest BCUT2D eigenvalue weighted by atomic mass is 10.2. The van der Waals surface area contributed by atoms with Crippen molar-refractivity contribution in [2.45, 2.75) is 0 Å². The minimum Gasteiger partial charge on any atom is -0.429 e. The molecule has 0 fully saturated rings. The molecule has 0 unspecified atom stereocenters. The summed E-state index contributed by atoms with van der Waals surface area (Å²) in [5, 5.41) is 10.2. The molecule has 0 aliphatic carbocycles. The first-order valence-corrected chi connectivity index (χ1v) is 3.50. The van der Waals surface area contributed by atoms with Crippen molar-refractivity contribution in [3.8, 4) is 6.07 Å². The van der Waals surface area contributed by atoms with Crippen LogP contribution >= 0.6 is 0 Å². The Hall–Kier alpha value is -1.95. The van der Waals surface area contributed by atoms with Gasteiger partial charge in [-0.2, -0.15) is 5.26 Å². The number of fused-ring (bicyclic) bond motifs is 1. The standard InChI is InChI=1S/C9H6N2O/c10-5-8-6-3-1-2-4-7(6)9(11)12-8/h1-4H,11H2. The van der Waals surface area contributed by atoms with Crippen molar-refractivity contribution in [2.75, 3.05) is 5.73 Å². The molecule has 3 heteroatoms. The zero-order valence-electron chi connectivity index (χ0n) is 6.24. The van der Waals surface area contributed by atoms with Crippen LogP contribution in [0, 0.1) is 11.3 Å². The second kappa shape index (κ2) is 2.28. The molecule has 3 nitrogen and oxygen atoms in total. The molecule has 12 heavy (non-hydrogen) atoms. The van der Waals surface area contributed by atoms with Gasteiger partial charge in [-0.3, -0.25) is 0 Å². The molecule has 0 saturated carbocycles. The van der Waals surface area contributed by atoms with Gasteiger partial charge in [-0.1, -0.05) is 12.1 Å². The second-order valence-electron chi connectivity index (χ2n) is 2.45. The molecule has 0 amide bonds. The van der Waals surface area contributed by atoms with Gasteiger partial charge in [0.15, 0.2) is 5.88 Å². The Kier molecular flexibility index (Phi) is 1.28. The van der Waals surface area contributed by atoms with Gasteiger partial charge in [0.05, 0.1) is 0 Å². The average molecular weight is 158 g/mol. The Morgan fingerprint density at radius 2 is 1.92 bits per heavy atom. The van der Waals surface area contributed by atoms with Crippen LogP contribution in [0.25, 0.3) is 10.8 Å². The van der Waals surface area contributed by atoms with Gasteiger partial charge in [-0.05, 0) is 12.1 Å². The number of nitrogen functional groups attached to an aromatic ring is 1. The fourth-order valence-corrected chi connectivity index (χ4v) is 1.20. The minimum atomic E-state index is 0.281. The summed E-state index contributed by atoms with van der Waals surface area (Å²) in [7, 11) is 0. The van der Waals surface area contributed by atoms with Crippen molar-refractivity contribution in [1.82, 2.24) is 0 Å². The van der Waals surface area contributed by atoms with Crippen LogP contribution in [0.1, 0.15) is 5.76 Å². The van der Waals surface area contributed by atoms with Crippen molar-refractivity contribution < 1.29 is 4.42 Å². The van der Waals surface area contributed by atoms with Crippen LogP contribution in [-0.2, 0) is 0 Å².